The highest BCUT2D eigenvalue weighted by atomic mass is 14.9. The molecule has 1 atom stereocenters. The second-order valence-corrected chi connectivity index (χ2v) is 5.02. The molecule has 1 heterocycles. The molecule has 0 unspecified atom stereocenters. The average Bonchev–Trinajstić information content (AvgIpc) is 2.74. The number of benzene rings is 1. The van der Waals surface area contributed by atoms with Gasteiger partial charge in [-0.05, 0) is 43.9 Å². The SMILES string of the molecule is CCCN[C@H]1CCc2[nH]c3ccccc3c2C1. The molecular formula is C15H20N2. The zero-order valence-electron chi connectivity index (χ0n) is 10.4. The van der Waals surface area contributed by atoms with E-state index in [1.807, 2.05) is 0 Å². The standard InChI is InChI=1S/C15H20N2/c1-2-9-16-11-7-8-15-13(10-11)12-5-3-4-6-14(12)17-15/h3-6,11,16-17H,2,7-10H2,1H3/t11-/m0/s1. The lowest BCUT2D eigenvalue weighted by molar-refractivity contribution is 0.458. The number of hydrogen-bond acceptors (Lipinski definition) is 1. The topological polar surface area (TPSA) is 27.8 Å². The number of aromatic amines is 1. The summed E-state index contributed by atoms with van der Waals surface area (Å²) in [7, 11) is 0. The third-order valence-corrected chi connectivity index (χ3v) is 3.78. The van der Waals surface area contributed by atoms with Crippen LogP contribution in [0.25, 0.3) is 10.9 Å². The van der Waals surface area contributed by atoms with Crippen molar-refractivity contribution >= 4 is 10.9 Å². The summed E-state index contributed by atoms with van der Waals surface area (Å²) in [6.07, 6.45) is 4.85. The van der Waals surface area contributed by atoms with Gasteiger partial charge in [-0.3, -0.25) is 0 Å². The predicted molar refractivity (Wildman–Crippen MR) is 72.4 cm³/mol. The van der Waals surface area contributed by atoms with E-state index in [4.69, 9.17) is 0 Å². The first-order valence-electron chi connectivity index (χ1n) is 6.70. The van der Waals surface area contributed by atoms with Gasteiger partial charge in [0.1, 0.15) is 0 Å². The Morgan fingerprint density at radius 2 is 2.24 bits per heavy atom. The first-order valence-corrected chi connectivity index (χ1v) is 6.70. The van der Waals surface area contributed by atoms with Crippen molar-refractivity contribution in [2.45, 2.75) is 38.6 Å². The number of hydrogen-bond donors (Lipinski definition) is 2. The lowest BCUT2D eigenvalue weighted by atomic mass is 9.91. The van der Waals surface area contributed by atoms with Gasteiger partial charge >= 0.3 is 0 Å². The van der Waals surface area contributed by atoms with Crippen molar-refractivity contribution in [2.75, 3.05) is 6.54 Å². The Kier molecular flexibility index (Phi) is 2.89. The van der Waals surface area contributed by atoms with Gasteiger partial charge in [0.15, 0.2) is 0 Å². The second kappa shape index (κ2) is 4.53. The summed E-state index contributed by atoms with van der Waals surface area (Å²) in [6, 6.07) is 9.34. The minimum atomic E-state index is 0.668. The van der Waals surface area contributed by atoms with Crippen molar-refractivity contribution in [3.8, 4) is 0 Å². The van der Waals surface area contributed by atoms with Crippen molar-refractivity contribution in [3.05, 3.63) is 35.5 Å². The van der Waals surface area contributed by atoms with Crippen molar-refractivity contribution in [2.24, 2.45) is 0 Å². The van der Waals surface area contributed by atoms with Crippen molar-refractivity contribution < 1.29 is 0 Å². The summed E-state index contributed by atoms with van der Waals surface area (Å²) >= 11 is 0. The molecule has 1 aromatic heterocycles. The summed E-state index contributed by atoms with van der Waals surface area (Å²) < 4.78 is 0. The van der Waals surface area contributed by atoms with E-state index >= 15 is 0 Å². The van der Waals surface area contributed by atoms with Crippen molar-refractivity contribution in [1.29, 1.82) is 0 Å². The largest absolute Gasteiger partial charge is 0.358 e. The van der Waals surface area contributed by atoms with E-state index in [0.717, 1.165) is 6.54 Å². The van der Waals surface area contributed by atoms with Crippen LogP contribution in [-0.4, -0.2) is 17.6 Å². The molecule has 3 rings (SSSR count). The molecule has 0 aliphatic heterocycles. The third kappa shape index (κ3) is 1.98. The molecule has 0 bridgehead atoms. The van der Waals surface area contributed by atoms with Crippen LogP contribution in [0.5, 0.6) is 0 Å². The van der Waals surface area contributed by atoms with Gasteiger partial charge in [0, 0.05) is 22.6 Å². The van der Waals surface area contributed by atoms with Crippen molar-refractivity contribution in [1.82, 2.24) is 10.3 Å². The maximum atomic E-state index is 3.65. The second-order valence-electron chi connectivity index (χ2n) is 5.02. The Morgan fingerprint density at radius 1 is 1.35 bits per heavy atom. The monoisotopic (exact) mass is 228 g/mol. The van der Waals surface area contributed by atoms with Gasteiger partial charge in [-0.15, -0.1) is 0 Å². The fourth-order valence-electron chi connectivity index (χ4n) is 2.89. The van der Waals surface area contributed by atoms with Gasteiger partial charge in [-0.1, -0.05) is 25.1 Å². The minimum absolute atomic E-state index is 0.668. The van der Waals surface area contributed by atoms with Crippen LogP contribution in [0.3, 0.4) is 0 Å². The molecular weight excluding hydrogens is 208 g/mol. The molecule has 90 valence electrons. The Morgan fingerprint density at radius 3 is 3.12 bits per heavy atom. The zero-order chi connectivity index (χ0) is 11.7. The van der Waals surface area contributed by atoms with Crippen LogP contribution in [0.15, 0.2) is 24.3 Å². The number of fused-ring (bicyclic) bond motifs is 3. The maximum absolute atomic E-state index is 3.65. The first-order chi connectivity index (χ1) is 8.38. The molecule has 0 amide bonds. The smallest absolute Gasteiger partial charge is 0.0458 e. The molecule has 1 aliphatic carbocycles. The highest BCUT2D eigenvalue weighted by molar-refractivity contribution is 5.84. The molecule has 2 N–H and O–H groups in total. The Labute approximate surface area is 102 Å². The van der Waals surface area contributed by atoms with Crippen LogP contribution >= 0.6 is 0 Å². The highest BCUT2D eigenvalue weighted by Crippen LogP contribution is 2.28. The van der Waals surface area contributed by atoms with Crippen molar-refractivity contribution in [3.63, 3.8) is 0 Å². The quantitative estimate of drug-likeness (QED) is 0.830. The average molecular weight is 228 g/mol. The Balaban J connectivity index is 1.89. The molecule has 0 saturated carbocycles. The van der Waals surface area contributed by atoms with Crippen LogP contribution < -0.4 is 5.32 Å². The van der Waals surface area contributed by atoms with E-state index in [9.17, 15) is 0 Å². The van der Waals surface area contributed by atoms with Gasteiger partial charge in [0.2, 0.25) is 0 Å². The fraction of sp³-hybridized carbons (Fsp3) is 0.467. The van der Waals surface area contributed by atoms with E-state index < -0.39 is 0 Å². The Hall–Kier alpha value is -1.28. The first kappa shape index (κ1) is 10.8. The number of H-pyrrole nitrogens is 1. The van der Waals surface area contributed by atoms with Gasteiger partial charge in [-0.25, -0.2) is 0 Å². The molecule has 2 heteroatoms. The minimum Gasteiger partial charge on any atom is -0.358 e. The maximum Gasteiger partial charge on any atom is 0.0458 e. The van der Waals surface area contributed by atoms with Gasteiger partial charge in [0.25, 0.3) is 0 Å². The molecule has 0 radical (unpaired) electrons. The normalized spacial score (nSPS) is 19.5. The van der Waals surface area contributed by atoms with Gasteiger partial charge in [0.05, 0.1) is 0 Å². The summed E-state index contributed by atoms with van der Waals surface area (Å²) in [4.78, 5) is 3.56. The van der Waals surface area contributed by atoms with Crippen LogP contribution in [0.2, 0.25) is 0 Å². The van der Waals surface area contributed by atoms with Crippen LogP contribution in [0.4, 0.5) is 0 Å². The molecule has 1 aliphatic rings. The molecule has 1 aromatic carbocycles. The number of aryl methyl sites for hydroxylation is 1. The van der Waals surface area contributed by atoms with Crippen LogP contribution in [0, 0.1) is 0 Å². The third-order valence-electron chi connectivity index (χ3n) is 3.78. The van der Waals surface area contributed by atoms with Crippen LogP contribution in [0.1, 0.15) is 31.0 Å². The molecule has 0 fully saturated rings. The number of aromatic nitrogens is 1. The van der Waals surface area contributed by atoms with Gasteiger partial charge < -0.3 is 10.3 Å². The van der Waals surface area contributed by atoms with E-state index in [1.54, 1.807) is 5.56 Å². The summed E-state index contributed by atoms with van der Waals surface area (Å²) in [5.41, 5.74) is 4.30. The summed E-state index contributed by atoms with van der Waals surface area (Å²) in [5, 5.41) is 5.07. The van der Waals surface area contributed by atoms with E-state index in [-0.39, 0.29) is 0 Å². The van der Waals surface area contributed by atoms with E-state index in [2.05, 4.69) is 41.5 Å². The van der Waals surface area contributed by atoms with E-state index in [0.29, 0.717) is 6.04 Å². The Bertz CT molecular complexity index is 513. The fourth-order valence-corrected chi connectivity index (χ4v) is 2.89. The highest BCUT2D eigenvalue weighted by Gasteiger charge is 2.21. The number of nitrogens with one attached hydrogen (secondary N) is 2. The predicted octanol–water partition coefficient (Wildman–Crippen LogP) is 3.02. The molecule has 2 aromatic rings. The summed E-state index contributed by atoms with van der Waals surface area (Å²) in [6.45, 7) is 3.37. The molecule has 2 nitrogen and oxygen atoms in total. The number of para-hydroxylation sites is 1. The summed E-state index contributed by atoms with van der Waals surface area (Å²) in [5.74, 6) is 0. The lowest BCUT2D eigenvalue weighted by Crippen LogP contribution is -2.34. The molecule has 0 spiro atoms. The lowest BCUT2D eigenvalue weighted by Gasteiger charge is -2.23. The van der Waals surface area contributed by atoms with Crippen LogP contribution in [-0.2, 0) is 12.8 Å². The zero-order valence-corrected chi connectivity index (χ0v) is 10.4. The van der Waals surface area contributed by atoms with E-state index in [1.165, 1.54) is 42.3 Å². The molecule has 17 heavy (non-hydrogen) atoms. The van der Waals surface area contributed by atoms with Gasteiger partial charge in [-0.2, -0.15) is 0 Å². The molecule has 0 saturated heterocycles. The number of rotatable bonds is 3.